The number of hydrogen-bond acceptors (Lipinski definition) is 6. The van der Waals surface area contributed by atoms with Crippen LogP contribution in [0.4, 0.5) is 5.13 Å². The summed E-state index contributed by atoms with van der Waals surface area (Å²) >= 11 is 14.1. The van der Waals surface area contributed by atoms with Crippen LogP contribution < -0.4 is 20.1 Å². The van der Waals surface area contributed by atoms with Crippen molar-refractivity contribution in [3.8, 4) is 11.5 Å². The molecule has 2 atom stereocenters. The van der Waals surface area contributed by atoms with Crippen molar-refractivity contribution in [3.63, 3.8) is 0 Å². The summed E-state index contributed by atoms with van der Waals surface area (Å²) in [6.07, 6.45) is 1.72. The first-order valence-corrected chi connectivity index (χ1v) is 11.7. The first-order chi connectivity index (χ1) is 14.4. The van der Waals surface area contributed by atoms with Crippen LogP contribution in [0.15, 0.2) is 36.4 Å². The minimum atomic E-state index is -0.524. The smallest absolute Gasteiger partial charge is 0.186 e. The van der Waals surface area contributed by atoms with Crippen molar-refractivity contribution < 1.29 is 9.47 Å². The number of nitrogens with two attached hydrogens (primary N) is 1. The molecule has 0 bridgehead atoms. The lowest BCUT2D eigenvalue weighted by molar-refractivity contribution is 0.00943. The van der Waals surface area contributed by atoms with Crippen molar-refractivity contribution >= 4 is 74.7 Å². The molecule has 0 saturated carbocycles. The van der Waals surface area contributed by atoms with Gasteiger partial charge < -0.3 is 20.1 Å². The second-order valence-corrected chi connectivity index (χ2v) is 9.99. The van der Waals surface area contributed by atoms with Crippen molar-refractivity contribution in [2.75, 3.05) is 24.6 Å². The first kappa shape index (κ1) is 25.5. The van der Waals surface area contributed by atoms with Crippen LogP contribution in [0.2, 0.25) is 10.0 Å². The molecule has 2 aliphatic rings. The van der Waals surface area contributed by atoms with Crippen LogP contribution >= 0.6 is 59.4 Å². The number of halogens is 4. The molecule has 2 unspecified atom stereocenters. The van der Waals surface area contributed by atoms with Gasteiger partial charge in [0.05, 0.1) is 20.8 Å². The Morgan fingerprint density at radius 3 is 2.56 bits per heavy atom. The molecular formula is C22H25Cl4N3O2S. The molecule has 5 nitrogen and oxygen atoms in total. The van der Waals surface area contributed by atoms with Gasteiger partial charge in [-0.2, -0.15) is 0 Å². The van der Waals surface area contributed by atoms with Gasteiger partial charge in [0, 0.05) is 13.1 Å². The predicted octanol–water partition coefficient (Wildman–Crippen LogP) is 6.22. The Bertz CT molecular complexity index is 1050. The van der Waals surface area contributed by atoms with E-state index in [9.17, 15) is 0 Å². The fourth-order valence-electron chi connectivity index (χ4n) is 4.35. The molecule has 2 aliphatic heterocycles. The second kappa shape index (κ2) is 10.00. The molecule has 3 heterocycles. The minimum Gasteiger partial charge on any atom is -0.484 e. The standard InChI is InChI=1S/C22H23Cl2N3O2S.2ClH/c1-22(25,18-12-28-20-16(29-18)7-6-14(23)19(20)24)13-8-10-27(11-9-13)21-26-15-4-2-3-5-17(15)30-21;;/h2-7,13,18H,8-12,25H2,1H3;2*1H. The van der Waals surface area contributed by atoms with Gasteiger partial charge in [0.2, 0.25) is 0 Å². The van der Waals surface area contributed by atoms with Gasteiger partial charge in [-0.1, -0.05) is 46.7 Å². The Labute approximate surface area is 214 Å². The minimum absolute atomic E-state index is 0. The van der Waals surface area contributed by atoms with Gasteiger partial charge in [0.1, 0.15) is 11.6 Å². The topological polar surface area (TPSA) is 60.6 Å². The number of aromatic nitrogens is 1. The zero-order valence-corrected chi connectivity index (χ0v) is 21.4. The van der Waals surface area contributed by atoms with E-state index in [1.807, 2.05) is 6.07 Å². The molecule has 1 aromatic heterocycles. The highest BCUT2D eigenvalue weighted by Crippen LogP contribution is 2.44. The normalized spacial score (nSPS) is 20.2. The number of para-hydroxylation sites is 1. The Morgan fingerprint density at radius 1 is 1.12 bits per heavy atom. The lowest BCUT2D eigenvalue weighted by Crippen LogP contribution is -2.61. The zero-order valence-electron chi connectivity index (χ0n) is 17.4. The van der Waals surface area contributed by atoms with E-state index in [4.69, 9.17) is 43.4 Å². The summed E-state index contributed by atoms with van der Waals surface area (Å²) in [6, 6.07) is 11.8. The number of benzene rings is 2. The summed E-state index contributed by atoms with van der Waals surface area (Å²) in [6.45, 7) is 4.30. The summed E-state index contributed by atoms with van der Waals surface area (Å²) < 4.78 is 13.4. The summed E-state index contributed by atoms with van der Waals surface area (Å²) in [4.78, 5) is 7.17. The molecule has 0 spiro atoms. The van der Waals surface area contributed by atoms with Crippen LogP contribution in [0.5, 0.6) is 11.5 Å². The fourth-order valence-corrected chi connectivity index (χ4v) is 5.72. The molecule has 3 aromatic rings. The van der Waals surface area contributed by atoms with Gasteiger partial charge in [-0.15, -0.1) is 24.8 Å². The molecule has 2 N–H and O–H groups in total. The Balaban J connectivity index is 0.00000144. The summed E-state index contributed by atoms with van der Waals surface area (Å²) in [5.74, 6) is 1.42. The third kappa shape index (κ3) is 4.59. The Kier molecular flexibility index (Phi) is 7.96. The number of nitrogens with zero attached hydrogens (tertiary/aromatic N) is 2. The largest absolute Gasteiger partial charge is 0.484 e. The van der Waals surface area contributed by atoms with Crippen LogP contribution in [0.25, 0.3) is 10.2 Å². The lowest BCUT2D eigenvalue weighted by Gasteiger charge is -2.45. The molecule has 174 valence electrons. The van der Waals surface area contributed by atoms with Crippen molar-refractivity contribution in [1.29, 1.82) is 0 Å². The van der Waals surface area contributed by atoms with Crippen LogP contribution in [0, 0.1) is 5.92 Å². The molecule has 0 radical (unpaired) electrons. The number of piperidine rings is 1. The maximum absolute atomic E-state index is 6.84. The second-order valence-electron chi connectivity index (χ2n) is 8.20. The monoisotopic (exact) mass is 535 g/mol. The molecule has 0 amide bonds. The third-order valence-electron chi connectivity index (χ3n) is 6.28. The molecule has 0 aliphatic carbocycles. The van der Waals surface area contributed by atoms with E-state index in [0.717, 1.165) is 36.6 Å². The van der Waals surface area contributed by atoms with Crippen molar-refractivity contribution in [2.24, 2.45) is 11.7 Å². The van der Waals surface area contributed by atoms with E-state index in [1.54, 1.807) is 23.5 Å². The number of thiazole rings is 1. The van der Waals surface area contributed by atoms with Gasteiger partial charge in [0.15, 0.2) is 22.7 Å². The van der Waals surface area contributed by atoms with E-state index < -0.39 is 5.54 Å². The quantitative estimate of drug-likeness (QED) is 0.430. The predicted molar refractivity (Wildman–Crippen MR) is 138 cm³/mol. The van der Waals surface area contributed by atoms with Gasteiger partial charge >= 0.3 is 0 Å². The van der Waals surface area contributed by atoms with E-state index in [0.29, 0.717) is 34.1 Å². The molecule has 1 saturated heterocycles. The zero-order chi connectivity index (χ0) is 20.9. The maximum Gasteiger partial charge on any atom is 0.186 e. The third-order valence-corrected chi connectivity index (χ3v) is 8.17. The first-order valence-electron chi connectivity index (χ1n) is 10.1. The molecule has 5 rings (SSSR count). The molecule has 10 heteroatoms. The lowest BCUT2D eigenvalue weighted by atomic mass is 9.76. The van der Waals surface area contributed by atoms with Gasteiger partial charge in [0.25, 0.3) is 0 Å². The highest BCUT2D eigenvalue weighted by Gasteiger charge is 2.43. The average Bonchev–Trinajstić information content (AvgIpc) is 3.20. The van der Waals surface area contributed by atoms with E-state index >= 15 is 0 Å². The van der Waals surface area contributed by atoms with Crippen LogP contribution in [0.3, 0.4) is 0 Å². The highest BCUT2D eigenvalue weighted by molar-refractivity contribution is 7.22. The highest BCUT2D eigenvalue weighted by atomic mass is 35.5. The fraction of sp³-hybridized carbons (Fsp3) is 0.409. The van der Waals surface area contributed by atoms with Gasteiger partial charge in [-0.25, -0.2) is 4.98 Å². The molecule has 1 fully saturated rings. The SMILES string of the molecule is CC(N)(C1CCN(c2nc3ccccc3s2)CC1)C1COc2c(ccc(Cl)c2Cl)O1.Cl.Cl. The summed E-state index contributed by atoms with van der Waals surface area (Å²) in [5.41, 5.74) is 7.38. The van der Waals surface area contributed by atoms with Crippen LogP contribution in [0.1, 0.15) is 19.8 Å². The van der Waals surface area contributed by atoms with Crippen molar-refractivity contribution in [2.45, 2.75) is 31.4 Å². The number of ether oxygens (including phenoxy) is 2. The summed E-state index contributed by atoms with van der Waals surface area (Å²) in [7, 11) is 0. The molecule has 2 aromatic carbocycles. The van der Waals surface area contributed by atoms with Gasteiger partial charge in [-0.3, -0.25) is 0 Å². The van der Waals surface area contributed by atoms with Crippen LogP contribution in [-0.4, -0.2) is 36.3 Å². The molecule has 32 heavy (non-hydrogen) atoms. The van der Waals surface area contributed by atoms with Crippen molar-refractivity contribution in [1.82, 2.24) is 4.98 Å². The van der Waals surface area contributed by atoms with E-state index in [-0.39, 0.29) is 30.9 Å². The number of anilines is 1. The maximum atomic E-state index is 6.84. The Morgan fingerprint density at radius 2 is 1.84 bits per heavy atom. The van der Waals surface area contributed by atoms with E-state index in [2.05, 4.69) is 30.0 Å². The van der Waals surface area contributed by atoms with Crippen LogP contribution in [-0.2, 0) is 0 Å². The average molecular weight is 537 g/mol. The number of rotatable bonds is 3. The van der Waals surface area contributed by atoms with E-state index in [1.165, 1.54) is 4.70 Å². The summed E-state index contributed by atoms with van der Waals surface area (Å²) in [5, 5.41) is 1.93. The van der Waals surface area contributed by atoms with Crippen molar-refractivity contribution in [3.05, 3.63) is 46.4 Å². The van der Waals surface area contributed by atoms with Gasteiger partial charge in [-0.05, 0) is 49.9 Å². The number of hydrogen-bond donors (Lipinski definition) is 1. The molecular weight excluding hydrogens is 512 g/mol. The number of fused-ring (bicyclic) bond motifs is 2. The Hall–Kier alpha value is -1.15.